The average Bonchev–Trinajstić information content (AvgIpc) is 3.17. The zero-order valence-corrected chi connectivity index (χ0v) is 16.4. The molecule has 6 nitrogen and oxygen atoms in total. The van der Waals surface area contributed by atoms with Crippen LogP contribution in [-0.4, -0.2) is 82.3 Å². The average molecular weight is 378 g/mol. The van der Waals surface area contributed by atoms with Gasteiger partial charge in [0.2, 0.25) is 5.91 Å². The molecule has 7 heteroatoms. The first kappa shape index (κ1) is 18.3. The van der Waals surface area contributed by atoms with Crippen LogP contribution < -0.4 is 5.32 Å². The fraction of sp³-hybridized carbons (Fsp3) is 0.789. The topological polar surface area (TPSA) is 53.4 Å². The van der Waals surface area contributed by atoms with Gasteiger partial charge in [0, 0.05) is 68.1 Å². The zero-order valence-electron chi connectivity index (χ0n) is 15.6. The van der Waals surface area contributed by atoms with Crippen molar-refractivity contribution in [1.29, 1.82) is 0 Å². The molecule has 0 aromatic carbocycles. The van der Waals surface area contributed by atoms with Crippen LogP contribution in [0.5, 0.6) is 0 Å². The molecule has 1 N–H and O–H groups in total. The van der Waals surface area contributed by atoms with E-state index in [1.165, 1.54) is 43.1 Å². The molecule has 0 aliphatic carbocycles. The third kappa shape index (κ3) is 4.26. The third-order valence-corrected chi connectivity index (χ3v) is 7.07. The molecule has 0 unspecified atom stereocenters. The van der Waals surface area contributed by atoms with Crippen LogP contribution in [0.15, 0.2) is 12.3 Å². The lowest BCUT2D eigenvalue weighted by molar-refractivity contribution is -0.133. The molecule has 0 bridgehead atoms. The fourth-order valence-corrected chi connectivity index (χ4v) is 5.51. The lowest BCUT2D eigenvalue weighted by Gasteiger charge is -2.40. The minimum Gasteiger partial charge on any atom is -0.341 e. The number of piperidine rings is 2. The number of nitrogens with one attached hydrogen (secondary N) is 1. The monoisotopic (exact) mass is 377 g/mol. The molecule has 1 aromatic rings. The minimum absolute atomic E-state index is 0.228. The molecule has 0 spiro atoms. The van der Waals surface area contributed by atoms with Crippen molar-refractivity contribution < 1.29 is 4.79 Å². The van der Waals surface area contributed by atoms with Gasteiger partial charge in [-0.3, -0.25) is 14.4 Å². The van der Waals surface area contributed by atoms with E-state index in [4.69, 9.17) is 0 Å². The van der Waals surface area contributed by atoms with E-state index in [1.54, 1.807) is 0 Å². The number of likely N-dealkylation sites (tertiary alicyclic amines) is 1. The molecule has 0 saturated carbocycles. The van der Waals surface area contributed by atoms with Crippen molar-refractivity contribution in [2.75, 3.05) is 50.8 Å². The van der Waals surface area contributed by atoms with E-state index in [-0.39, 0.29) is 5.91 Å². The summed E-state index contributed by atoms with van der Waals surface area (Å²) in [6, 6.07) is 2.76. The number of carbonyl (C=O) groups is 1. The third-order valence-electron chi connectivity index (χ3n) is 6.13. The van der Waals surface area contributed by atoms with Gasteiger partial charge in [-0.15, -0.1) is 0 Å². The van der Waals surface area contributed by atoms with Crippen LogP contribution in [0.25, 0.3) is 0 Å². The van der Waals surface area contributed by atoms with Gasteiger partial charge in [0.1, 0.15) is 6.54 Å². The molecule has 26 heavy (non-hydrogen) atoms. The van der Waals surface area contributed by atoms with Crippen LogP contribution in [0.3, 0.4) is 0 Å². The summed E-state index contributed by atoms with van der Waals surface area (Å²) in [5, 5.41) is 7.91. The van der Waals surface area contributed by atoms with Gasteiger partial charge < -0.3 is 10.2 Å². The molecule has 0 radical (unpaired) electrons. The Kier molecular flexibility index (Phi) is 6.17. The normalized spacial score (nSPS) is 26.2. The number of hydrogen-bond acceptors (Lipinski definition) is 5. The maximum Gasteiger partial charge on any atom is 0.244 e. The first-order chi connectivity index (χ1) is 12.8. The quantitative estimate of drug-likeness (QED) is 0.859. The van der Waals surface area contributed by atoms with Crippen LogP contribution in [0.1, 0.15) is 37.3 Å². The Morgan fingerprint density at radius 2 is 2.00 bits per heavy atom. The van der Waals surface area contributed by atoms with Crippen molar-refractivity contribution in [1.82, 2.24) is 24.9 Å². The molecule has 3 saturated heterocycles. The summed E-state index contributed by atoms with van der Waals surface area (Å²) in [7, 11) is 0. The summed E-state index contributed by atoms with van der Waals surface area (Å²) >= 11 is 2.06. The maximum atomic E-state index is 12.8. The number of carbonyl (C=O) groups excluding carboxylic acids is 1. The van der Waals surface area contributed by atoms with Crippen molar-refractivity contribution in [2.45, 2.75) is 44.2 Å². The molecule has 3 fully saturated rings. The summed E-state index contributed by atoms with van der Waals surface area (Å²) in [4.78, 5) is 17.5. The molecular weight excluding hydrogens is 346 g/mol. The van der Waals surface area contributed by atoms with E-state index in [2.05, 4.69) is 38.0 Å². The van der Waals surface area contributed by atoms with Gasteiger partial charge >= 0.3 is 0 Å². The highest BCUT2D eigenvalue weighted by Gasteiger charge is 2.28. The highest BCUT2D eigenvalue weighted by atomic mass is 32.2. The van der Waals surface area contributed by atoms with Crippen molar-refractivity contribution in [2.24, 2.45) is 0 Å². The van der Waals surface area contributed by atoms with Gasteiger partial charge in [-0.2, -0.15) is 16.9 Å². The number of aromatic nitrogens is 2. The lowest BCUT2D eigenvalue weighted by Crippen LogP contribution is -2.49. The standard InChI is InChI=1S/C19H31N5OS/c25-19(15-24-18(3-7-21-24)16-2-1-6-20-14-16)23-8-4-17(5-9-23)22-10-12-26-13-11-22/h3,7,16-17,20H,1-2,4-6,8-15H2/t16-/m0/s1. The molecular formula is C19H31N5OS. The van der Waals surface area contributed by atoms with E-state index >= 15 is 0 Å². The molecule has 4 rings (SSSR count). The zero-order chi connectivity index (χ0) is 17.8. The van der Waals surface area contributed by atoms with Crippen molar-refractivity contribution in [3.8, 4) is 0 Å². The molecule has 1 aromatic heterocycles. The summed E-state index contributed by atoms with van der Waals surface area (Å²) in [5.41, 5.74) is 1.21. The Labute approximate surface area is 160 Å². The maximum absolute atomic E-state index is 12.8. The Bertz CT molecular complexity index is 587. The van der Waals surface area contributed by atoms with Crippen LogP contribution >= 0.6 is 11.8 Å². The molecule has 1 amide bonds. The Balaban J connectivity index is 1.30. The van der Waals surface area contributed by atoms with Crippen molar-refractivity contribution >= 4 is 17.7 Å². The van der Waals surface area contributed by atoms with E-state index in [9.17, 15) is 4.79 Å². The van der Waals surface area contributed by atoms with Crippen molar-refractivity contribution in [3.05, 3.63) is 18.0 Å². The van der Waals surface area contributed by atoms with Gasteiger partial charge in [-0.05, 0) is 38.3 Å². The Morgan fingerprint density at radius 3 is 2.73 bits per heavy atom. The smallest absolute Gasteiger partial charge is 0.244 e. The first-order valence-corrected chi connectivity index (χ1v) is 11.3. The van der Waals surface area contributed by atoms with Gasteiger partial charge in [0.25, 0.3) is 0 Å². The molecule has 1 atom stereocenters. The number of amides is 1. The predicted octanol–water partition coefficient (Wildman–Crippen LogP) is 1.39. The number of rotatable bonds is 4. The summed E-state index contributed by atoms with van der Waals surface area (Å²) < 4.78 is 1.94. The van der Waals surface area contributed by atoms with E-state index < -0.39 is 0 Å². The van der Waals surface area contributed by atoms with Crippen LogP contribution in [0, 0.1) is 0 Å². The second kappa shape index (κ2) is 8.76. The second-order valence-corrected chi connectivity index (χ2v) is 8.94. The van der Waals surface area contributed by atoms with Crippen LogP contribution in [0.4, 0.5) is 0 Å². The predicted molar refractivity (Wildman–Crippen MR) is 106 cm³/mol. The number of thioether (sulfide) groups is 1. The van der Waals surface area contributed by atoms with Crippen LogP contribution in [-0.2, 0) is 11.3 Å². The van der Waals surface area contributed by atoms with Crippen LogP contribution in [0.2, 0.25) is 0 Å². The lowest BCUT2D eigenvalue weighted by atomic mass is 9.96. The van der Waals surface area contributed by atoms with Gasteiger partial charge in [0.15, 0.2) is 0 Å². The molecule has 4 heterocycles. The summed E-state index contributed by atoms with van der Waals surface area (Å²) in [5.74, 6) is 3.24. The summed E-state index contributed by atoms with van der Waals surface area (Å²) in [6.45, 7) is 6.73. The fourth-order valence-electron chi connectivity index (χ4n) is 4.58. The Morgan fingerprint density at radius 1 is 1.19 bits per heavy atom. The second-order valence-electron chi connectivity index (χ2n) is 7.72. The van der Waals surface area contributed by atoms with Gasteiger partial charge in [-0.1, -0.05) is 0 Å². The highest BCUT2D eigenvalue weighted by Crippen LogP contribution is 2.24. The molecule has 3 aliphatic heterocycles. The highest BCUT2D eigenvalue weighted by molar-refractivity contribution is 7.99. The number of nitrogens with zero attached hydrogens (tertiary/aromatic N) is 4. The number of hydrogen-bond donors (Lipinski definition) is 1. The van der Waals surface area contributed by atoms with E-state index in [1.807, 2.05) is 10.9 Å². The largest absolute Gasteiger partial charge is 0.341 e. The Hall–Kier alpha value is -1.05. The summed E-state index contributed by atoms with van der Waals surface area (Å²) in [6.07, 6.45) is 6.47. The van der Waals surface area contributed by atoms with Gasteiger partial charge in [0.05, 0.1) is 0 Å². The minimum atomic E-state index is 0.228. The first-order valence-electron chi connectivity index (χ1n) is 10.1. The van der Waals surface area contributed by atoms with E-state index in [0.29, 0.717) is 18.5 Å². The van der Waals surface area contributed by atoms with Crippen molar-refractivity contribution in [3.63, 3.8) is 0 Å². The SMILES string of the molecule is O=C(Cn1nccc1[C@H]1CCCNC1)N1CCC(N2CCSCC2)CC1. The van der Waals surface area contributed by atoms with Gasteiger partial charge in [-0.25, -0.2) is 0 Å². The molecule has 3 aliphatic rings. The molecule has 144 valence electrons. The van der Waals surface area contributed by atoms with E-state index in [0.717, 1.165) is 39.0 Å².